The summed E-state index contributed by atoms with van der Waals surface area (Å²) in [6.45, 7) is 0.949. The van der Waals surface area contributed by atoms with E-state index in [0.29, 0.717) is 18.8 Å². The zero-order valence-electron chi connectivity index (χ0n) is 15.4. The van der Waals surface area contributed by atoms with E-state index in [1.807, 2.05) is 0 Å². The van der Waals surface area contributed by atoms with Crippen molar-refractivity contribution in [3.05, 3.63) is 48.5 Å². The van der Waals surface area contributed by atoms with Crippen molar-refractivity contribution in [3.63, 3.8) is 0 Å². The molecule has 1 saturated heterocycles. The van der Waals surface area contributed by atoms with E-state index in [4.69, 9.17) is 9.47 Å². The van der Waals surface area contributed by atoms with Gasteiger partial charge >= 0.3 is 12.1 Å². The van der Waals surface area contributed by atoms with E-state index in [2.05, 4.69) is 15.6 Å². The van der Waals surface area contributed by atoms with E-state index in [0.717, 1.165) is 12.8 Å². The van der Waals surface area contributed by atoms with Crippen molar-refractivity contribution in [1.29, 1.82) is 0 Å². The Labute approximate surface area is 161 Å². The number of hydrogen-bond acceptors (Lipinski definition) is 5. The number of nitrogens with one attached hydrogen (secondary N) is 2. The molecule has 1 atom stereocenters. The number of anilines is 2. The Bertz CT molecular complexity index is 834. The average Bonchev–Trinajstić information content (AvgIpc) is 2.67. The van der Waals surface area contributed by atoms with Crippen LogP contribution in [0.2, 0.25) is 0 Å². The number of rotatable bonds is 4. The smallest absolute Gasteiger partial charge is 0.409 e. The minimum Gasteiger partial charge on any atom is -0.488 e. The fourth-order valence-corrected chi connectivity index (χ4v) is 2.95. The lowest BCUT2D eigenvalue weighted by Gasteiger charge is -2.31. The largest absolute Gasteiger partial charge is 0.488 e. The van der Waals surface area contributed by atoms with Gasteiger partial charge in [-0.1, -0.05) is 0 Å². The third-order valence-corrected chi connectivity index (χ3v) is 4.16. The normalized spacial score (nSPS) is 16.2. The second-order valence-electron chi connectivity index (χ2n) is 6.29. The molecule has 0 spiro atoms. The van der Waals surface area contributed by atoms with Crippen LogP contribution in [0.3, 0.4) is 0 Å². The molecular formula is C19H21FN4O4. The van der Waals surface area contributed by atoms with E-state index in [9.17, 15) is 14.0 Å². The summed E-state index contributed by atoms with van der Waals surface area (Å²) in [4.78, 5) is 29.2. The minimum atomic E-state index is -0.546. The average molecular weight is 388 g/mol. The van der Waals surface area contributed by atoms with Crippen molar-refractivity contribution >= 4 is 23.5 Å². The van der Waals surface area contributed by atoms with Crippen LogP contribution in [0.25, 0.3) is 0 Å². The molecule has 2 aromatic rings. The molecule has 3 amide bonds. The Morgan fingerprint density at radius 1 is 1.25 bits per heavy atom. The lowest BCUT2D eigenvalue weighted by atomic mass is 10.1. The molecule has 1 aromatic carbocycles. The Balaban J connectivity index is 1.62. The highest BCUT2D eigenvalue weighted by atomic mass is 19.1. The van der Waals surface area contributed by atoms with Gasteiger partial charge in [-0.25, -0.2) is 14.0 Å². The van der Waals surface area contributed by atoms with Crippen LogP contribution < -0.4 is 15.4 Å². The predicted molar refractivity (Wildman–Crippen MR) is 101 cm³/mol. The Morgan fingerprint density at radius 3 is 2.82 bits per heavy atom. The summed E-state index contributed by atoms with van der Waals surface area (Å²) in [7, 11) is 1.33. The van der Waals surface area contributed by atoms with E-state index >= 15 is 0 Å². The van der Waals surface area contributed by atoms with E-state index in [-0.39, 0.29) is 17.5 Å². The molecular weight excluding hydrogens is 367 g/mol. The lowest BCUT2D eigenvalue weighted by Crippen LogP contribution is -2.44. The number of nitrogens with zero attached hydrogens (tertiary/aromatic N) is 2. The molecule has 8 nitrogen and oxygen atoms in total. The third kappa shape index (κ3) is 5.32. The van der Waals surface area contributed by atoms with Crippen LogP contribution in [-0.4, -0.2) is 48.3 Å². The summed E-state index contributed by atoms with van der Waals surface area (Å²) in [5, 5.41) is 5.16. The number of methoxy groups -OCH3 is 1. The van der Waals surface area contributed by atoms with E-state index in [1.165, 1.54) is 31.5 Å². The molecule has 28 heavy (non-hydrogen) atoms. The fourth-order valence-electron chi connectivity index (χ4n) is 2.95. The maximum absolute atomic E-state index is 14.0. The summed E-state index contributed by atoms with van der Waals surface area (Å²) in [6, 6.07) is 6.80. The highest BCUT2D eigenvalue weighted by Gasteiger charge is 2.25. The van der Waals surface area contributed by atoms with Gasteiger partial charge in [0.25, 0.3) is 0 Å². The Morgan fingerprint density at radius 2 is 2.07 bits per heavy atom. The van der Waals surface area contributed by atoms with Gasteiger partial charge in [0, 0.05) is 30.6 Å². The van der Waals surface area contributed by atoms with Crippen molar-refractivity contribution in [2.24, 2.45) is 0 Å². The topological polar surface area (TPSA) is 92.8 Å². The number of carbonyl (C=O) groups excluding carboxylic acids is 2. The molecule has 0 saturated carbocycles. The standard InChI is InChI=1S/C19H21FN4O4/c1-27-19(26)24-7-3-5-16(12-24)28-17-9-13(20)8-15(10-17)23-18(25)22-14-4-2-6-21-11-14/h2,4,6,8-11,16H,3,5,7,12H2,1H3,(H2,22,23,25)/t16-/m1/s1. The fraction of sp³-hybridized carbons (Fsp3) is 0.316. The zero-order valence-corrected chi connectivity index (χ0v) is 15.4. The number of likely N-dealkylation sites (tertiary alicyclic amines) is 1. The molecule has 3 rings (SSSR count). The second kappa shape index (κ2) is 9.03. The van der Waals surface area contributed by atoms with Crippen molar-refractivity contribution in [2.45, 2.75) is 18.9 Å². The van der Waals surface area contributed by atoms with Gasteiger partial charge in [-0.3, -0.25) is 4.98 Å². The summed E-state index contributed by atoms with van der Waals surface area (Å²) in [5.41, 5.74) is 0.759. The molecule has 0 unspecified atom stereocenters. The van der Waals surface area contributed by atoms with Gasteiger partial charge in [0.1, 0.15) is 17.7 Å². The molecule has 0 bridgehead atoms. The number of piperidine rings is 1. The van der Waals surface area contributed by atoms with Crippen LogP contribution in [0.5, 0.6) is 5.75 Å². The zero-order chi connectivity index (χ0) is 19.9. The molecule has 0 radical (unpaired) electrons. The second-order valence-corrected chi connectivity index (χ2v) is 6.29. The highest BCUT2D eigenvalue weighted by Crippen LogP contribution is 2.24. The first-order valence-electron chi connectivity index (χ1n) is 8.81. The van der Waals surface area contributed by atoms with Gasteiger partial charge in [-0.05, 0) is 31.0 Å². The van der Waals surface area contributed by atoms with Crippen molar-refractivity contribution in [1.82, 2.24) is 9.88 Å². The number of aromatic nitrogens is 1. The number of carbonyl (C=O) groups is 2. The van der Waals surface area contributed by atoms with Gasteiger partial charge in [0.05, 0.1) is 25.5 Å². The molecule has 1 aliphatic rings. The molecule has 1 aromatic heterocycles. The predicted octanol–water partition coefficient (Wildman–Crippen LogP) is 3.47. The molecule has 0 aliphatic carbocycles. The molecule has 148 valence electrons. The first-order chi connectivity index (χ1) is 13.5. The number of amides is 3. The summed E-state index contributed by atoms with van der Waals surface area (Å²) >= 11 is 0. The van der Waals surface area contributed by atoms with E-state index in [1.54, 1.807) is 23.2 Å². The quantitative estimate of drug-likeness (QED) is 0.837. The Hall–Kier alpha value is -3.36. The molecule has 2 heterocycles. The van der Waals surface area contributed by atoms with Crippen LogP contribution >= 0.6 is 0 Å². The Kier molecular flexibility index (Phi) is 6.25. The van der Waals surface area contributed by atoms with Crippen LogP contribution in [0, 0.1) is 5.82 Å². The van der Waals surface area contributed by atoms with Gasteiger partial charge in [-0.15, -0.1) is 0 Å². The van der Waals surface area contributed by atoms with Crippen LogP contribution in [0.4, 0.5) is 25.4 Å². The molecule has 1 fully saturated rings. The van der Waals surface area contributed by atoms with Gasteiger partial charge in [-0.2, -0.15) is 0 Å². The first kappa shape index (κ1) is 19.4. The number of pyridine rings is 1. The monoisotopic (exact) mass is 388 g/mol. The summed E-state index contributed by atoms with van der Waals surface area (Å²) in [6.07, 6.45) is 3.87. The maximum Gasteiger partial charge on any atom is 0.409 e. The molecule has 2 N–H and O–H groups in total. The third-order valence-electron chi connectivity index (χ3n) is 4.16. The van der Waals surface area contributed by atoms with Crippen LogP contribution in [0.15, 0.2) is 42.7 Å². The van der Waals surface area contributed by atoms with Crippen molar-refractivity contribution < 1.29 is 23.5 Å². The first-order valence-corrected chi connectivity index (χ1v) is 8.81. The number of ether oxygens (including phenoxy) is 2. The summed E-state index contributed by atoms with van der Waals surface area (Å²) in [5.74, 6) is -0.275. The van der Waals surface area contributed by atoms with Gasteiger partial charge in [0.15, 0.2) is 0 Å². The van der Waals surface area contributed by atoms with Crippen molar-refractivity contribution in [3.8, 4) is 5.75 Å². The summed E-state index contributed by atoms with van der Waals surface area (Å²) < 4.78 is 24.5. The van der Waals surface area contributed by atoms with E-state index < -0.39 is 17.9 Å². The number of urea groups is 1. The maximum atomic E-state index is 14.0. The SMILES string of the molecule is COC(=O)N1CCC[C@@H](Oc2cc(F)cc(NC(=O)Nc3cccnc3)c2)C1. The highest BCUT2D eigenvalue weighted by molar-refractivity contribution is 5.99. The lowest BCUT2D eigenvalue weighted by molar-refractivity contribution is 0.0693. The minimum absolute atomic E-state index is 0.247. The van der Waals surface area contributed by atoms with Gasteiger partial charge < -0.3 is 25.0 Å². The van der Waals surface area contributed by atoms with Gasteiger partial charge in [0.2, 0.25) is 0 Å². The molecule has 9 heteroatoms. The number of benzene rings is 1. The number of halogens is 1. The van der Waals surface area contributed by atoms with Crippen LogP contribution in [-0.2, 0) is 4.74 Å². The number of hydrogen-bond donors (Lipinski definition) is 2. The molecule has 1 aliphatic heterocycles. The van der Waals surface area contributed by atoms with Crippen LogP contribution in [0.1, 0.15) is 12.8 Å². The van der Waals surface area contributed by atoms with Crippen molar-refractivity contribution in [2.75, 3.05) is 30.8 Å².